The van der Waals surface area contributed by atoms with Crippen LogP contribution in [0.2, 0.25) is 0 Å². The molecular formula is C17H25N3O. The first-order valence-corrected chi connectivity index (χ1v) is 7.37. The molecule has 0 saturated heterocycles. The van der Waals surface area contributed by atoms with Crippen LogP contribution in [-0.2, 0) is 17.9 Å². The number of hydrogen-bond donors (Lipinski definition) is 2. The lowest BCUT2D eigenvalue weighted by Gasteiger charge is -2.18. The van der Waals surface area contributed by atoms with Gasteiger partial charge >= 0.3 is 0 Å². The Hall–Kier alpha value is -1.83. The summed E-state index contributed by atoms with van der Waals surface area (Å²) in [6.07, 6.45) is 5.40. The van der Waals surface area contributed by atoms with Gasteiger partial charge in [0.15, 0.2) is 0 Å². The van der Waals surface area contributed by atoms with Gasteiger partial charge in [0.05, 0.1) is 6.04 Å². The van der Waals surface area contributed by atoms with Crippen molar-refractivity contribution in [3.05, 3.63) is 35.4 Å². The summed E-state index contributed by atoms with van der Waals surface area (Å²) >= 11 is 0. The molecule has 0 bridgehead atoms. The van der Waals surface area contributed by atoms with Gasteiger partial charge in [-0.25, -0.2) is 0 Å². The maximum atomic E-state index is 11.7. The van der Waals surface area contributed by atoms with Gasteiger partial charge in [0.1, 0.15) is 0 Å². The van der Waals surface area contributed by atoms with E-state index in [9.17, 15) is 4.79 Å². The second-order valence-electron chi connectivity index (χ2n) is 5.01. The SMILES string of the molecule is C#CCC(N)C(=O)NCc1ccc(CN(CC)CC)cc1. The van der Waals surface area contributed by atoms with Crippen LogP contribution in [0.4, 0.5) is 0 Å². The summed E-state index contributed by atoms with van der Waals surface area (Å²) in [5, 5.41) is 2.80. The van der Waals surface area contributed by atoms with Gasteiger partial charge in [-0.1, -0.05) is 38.1 Å². The van der Waals surface area contributed by atoms with Crippen LogP contribution in [-0.4, -0.2) is 29.9 Å². The van der Waals surface area contributed by atoms with E-state index in [-0.39, 0.29) is 12.3 Å². The highest BCUT2D eigenvalue weighted by Crippen LogP contribution is 2.07. The molecule has 0 spiro atoms. The van der Waals surface area contributed by atoms with Gasteiger partial charge in [0, 0.05) is 19.5 Å². The molecule has 4 heteroatoms. The van der Waals surface area contributed by atoms with Crippen molar-refractivity contribution in [1.29, 1.82) is 0 Å². The van der Waals surface area contributed by atoms with Crippen LogP contribution in [0.25, 0.3) is 0 Å². The Morgan fingerprint density at radius 3 is 2.38 bits per heavy atom. The third-order valence-electron chi connectivity index (χ3n) is 3.46. The Morgan fingerprint density at radius 1 is 1.29 bits per heavy atom. The predicted octanol–water partition coefficient (Wildman–Crippen LogP) is 1.50. The van der Waals surface area contributed by atoms with Crippen molar-refractivity contribution in [2.24, 2.45) is 5.73 Å². The standard InChI is InChI=1S/C17H25N3O/c1-4-7-16(18)17(21)19-12-14-8-10-15(11-9-14)13-20(5-2)6-3/h1,8-11,16H,5-7,12-13,18H2,2-3H3,(H,19,21). The monoisotopic (exact) mass is 287 g/mol. The first kappa shape index (κ1) is 17.2. The number of hydrogen-bond acceptors (Lipinski definition) is 3. The van der Waals surface area contributed by atoms with Crippen LogP contribution in [0, 0.1) is 12.3 Å². The van der Waals surface area contributed by atoms with Gasteiger partial charge in [0.25, 0.3) is 0 Å². The number of carbonyl (C=O) groups excluding carboxylic acids is 1. The maximum absolute atomic E-state index is 11.7. The summed E-state index contributed by atoms with van der Waals surface area (Å²) in [5.74, 6) is 2.18. The van der Waals surface area contributed by atoms with E-state index in [0.717, 1.165) is 25.2 Å². The molecule has 4 nitrogen and oxygen atoms in total. The lowest BCUT2D eigenvalue weighted by molar-refractivity contribution is -0.122. The molecule has 1 unspecified atom stereocenters. The molecule has 0 aliphatic rings. The molecule has 0 aliphatic carbocycles. The van der Waals surface area contributed by atoms with E-state index < -0.39 is 6.04 Å². The van der Waals surface area contributed by atoms with Crippen molar-refractivity contribution in [2.75, 3.05) is 13.1 Å². The van der Waals surface area contributed by atoms with Crippen molar-refractivity contribution < 1.29 is 4.79 Å². The van der Waals surface area contributed by atoms with Crippen LogP contribution in [0.15, 0.2) is 24.3 Å². The van der Waals surface area contributed by atoms with Gasteiger partial charge in [-0.3, -0.25) is 9.69 Å². The second-order valence-corrected chi connectivity index (χ2v) is 5.01. The first-order chi connectivity index (χ1) is 10.1. The van der Waals surface area contributed by atoms with Crippen LogP contribution >= 0.6 is 0 Å². The Kier molecular flexibility index (Phi) is 7.52. The molecule has 1 rings (SSSR count). The first-order valence-electron chi connectivity index (χ1n) is 7.37. The summed E-state index contributed by atoms with van der Waals surface area (Å²) in [6, 6.07) is 7.64. The molecule has 0 heterocycles. The van der Waals surface area contributed by atoms with E-state index in [1.807, 2.05) is 12.1 Å². The van der Waals surface area contributed by atoms with E-state index in [1.165, 1.54) is 5.56 Å². The molecule has 0 aromatic heterocycles. The molecule has 21 heavy (non-hydrogen) atoms. The summed E-state index contributed by atoms with van der Waals surface area (Å²) in [7, 11) is 0. The number of nitrogens with one attached hydrogen (secondary N) is 1. The lowest BCUT2D eigenvalue weighted by atomic mass is 10.1. The van der Waals surface area contributed by atoms with Gasteiger partial charge < -0.3 is 11.1 Å². The number of amides is 1. The number of carbonyl (C=O) groups is 1. The van der Waals surface area contributed by atoms with Crippen LogP contribution in [0.1, 0.15) is 31.4 Å². The van der Waals surface area contributed by atoms with Gasteiger partial charge in [-0.2, -0.15) is 0 Å². The fourth-order valence-electron chi connectivity index (χ4n) is 2.01. The summed E-state index contributed by atoms with van der Waals surface area (Å²) in [4.78, 5) is 14.0. The summed E-state index contributed by atoms with van der Waals surface area (Å²) < 4.78 is 0. The minimum atomic E-state index is -0.628. The molecular weight excluding hydrogens is 262 g/mol. The van der Waals surface area contributed by atoms with Crippen molar-refractivity contribution in [3.63, 3.8) is 0 Å². The molecule has 114 valence electrons. The fraction of sp³-hybridized carbons (Fsp3) is 0.471. The van der Waals surface area contributed by atoms with Crippen LogP contribution in [0.3, 0.4) is 0 Å². The van der Waals surface area contributed by atoms with E-state index in [1.54, 1.807) is 0 Å². The topological polar surface area (TPSA) is 58.4 Å². The average Bonchev–Trinajstić information content (AvgIpc) is 2.51. The lowest BCUT2D eigenvalue weighted by Crippen LogP contribution is -2.39. The average molecular weight is 287 g/mol. The minimum Gasteiger partial charge on any atom is -0.351 e. The molecule has 0 aliphatic heterocycles. The highest BCUT2D eigenvalue weighted by atomic mass is 16.2. The number of nitrogens with two attached hydrogens (primary N) is 1. The quantitative estimate of drug-likeness (QED) is 0.712. The maximum Gasteiger partial charge on any atom is 0.238 e. The molecule has 0 saturated carbocycles. The summed E-state index contributed by atoms with van der Waals surface area (Å²) in [6.45, 7) is 7.83. The minimum absolute atomic E-state index is 0.208. The molecule has 1 amide bonds. The molecule has 0 radical (unpaired) electrons. The molecule has 1 aromatic rings. The van der Waals surface area contributed by atoms with E-state index in [0.29, 0.717) is 6.54 Å². The van der Waals surface area contributed by atoms with Crippen LogP contribution < -0.4 is 11.1 Å². The third-order valence-corrected chi connectivity index (χ3v) is 3.46. The largest absolute Gasteiger partial charge is 0.351 e. The summed E-state index contributed by atoms with van der Waals surface area (Å²) in [5.41, 5.74) is 7.97. The second kappa shape index (κ2) is 9.17. The van der Waals surface area contributed by atoms with Gasteiger partial charge in [0.2, 0.25) is 5.91 Å². The van der Waals surface area contributed by atoms with Crippen LogP contribution in [0.5, 0.6) is 0 Å². The van der Waals surface area contributed by atoms with E-state index >= 15 is 0 Å². The predicted molar refractivity (Wildman–Crippen MR) is 86.3 cm³/mol. The fourth-order valence-corrected chi connectivity index (χ4v) is 2.01. The highest BCUT2D eigenvalue weighted by Gasteiger charge is 2.11. The Bertz CT molecular complexity index is 472. The highest BCUT2D eigenvalue weighted by molar-refractivity contribution is 5.81. The van der Waals surface area contributed by atoms with Crippen molar-refractivity contribution in [1.82, 2.24) is 10.2 Å². The zero-order chi connectivity index (χ0) is 15.7. The van der Waals surface area contributed by atoms with Gasteiger partial charge in [-0.15, -0.1) is 12.3 Å². The number of nitrogens with zero attached hydrogens (tertiary/aromatic N) is 1. The molecule has 1 atom stereocenters. The van der Waals surface area contributed by atoms with Crippen molar-refractivity contribution >= 4 is 5.91 Å². The van der Waals surface area contributed by atoms with E-state index in [2.05, 4.69) is 42.1 Å². The smallest absolute Gasteiger partial charge is 0.238 e. The zero-order valence-electron chi connectivity index (χ0n) is 12.9. The number of rotatable bonds is 8. The van der Waals surface area contributed by atoms with Crippen molar-refractivity contribution in [3.8, 4) is 12.3 Å². The third kappa shape index (κ3) is 5.99. The number of benzene rings is 1. The van der Waals surface area contributed by atoms with E-state index in [4.69, 9.17) is 12.2 Å². The Balaban J connectivity index is 2.48. The Labute approximate surface area is 127 Å². The molecule has 1 aromatic carbocycles. The molecule has 0 fully saturated rings. The van der Waals surface area contributed by atoms with Crippen molar-refractivity contribution in [2.45, 2.75) is 39.4 Å². The zero-order valence-corrected chi connectivity index (χ0v) is 12.9. The Morgan fingerprint density at radius 2 is 1.86 bits per heavy atom. The van der Waals surface area contributed by atoms with Gasteiger partial charge in [-0.05, 0) is 24.2 Å². The molecule has 3 N–H and O–H groups in total. The number of terminal acetylenes is 1. The normalized spacial score (nSPS) is 12.0.